The van der Waals surface area contributed by atoms with Crippen LogP contribution in [-0.4, -0.2) is 35.4 Å². The Hall–Kier alpha value is -1.36. The second-order valence-corrected chi connectivity index (χ2v) is 5.99. The van der Waals surface area contributed by atoms with Crippen LogP contribution in [0.3, 0.4) is 0 Å². The molecule has 1 saturated carbocycles. The number of carbonyl (C=O) groups is 1. The van der Waals surface area contributed by atoms with Crippen molar-refractivity contribution in [3.63, 3.8) is 0 Å². The van der Waals surface area contributed by atoms with Gasteiger partial charge >= 0.3 is 0 Å². The van der Waals surface area contributed by atoms with E-state index in [-0.39, 0.29) is 5.78 Å². The lowest BCUT2D eigenvalue weighted by Crippen LogP contribution is -2.44. The lowest BCUT2D eigenvalue weighted by Gasteiger charge is -2.36. The van der Waals surface area contributed by atoms with Crippen LogP contribution in [0.4, 0.5) is 0 Å². The third-order valence-corrected chi connectivity index (χ3v) is 4.56. The Kier molecular flexibility index (Phi) is 5.04. The normalized spacial score (nSPS) is 25.8. The molecule has 0 saturated heterocycles. The summed E-state index contributed by atoms with van der Waals surface area (Å²) in [4.78, 5) is 13.1. The van der Waals surface area contributed by atoms with Gasteiger partial charge in [-0.15, -0.1) is 0 Å². The predicted octanol–water partition coefficient (Wildman–Crippen LogP) is 3.08. The fraction of sp³-hybridized carbons (Fsp3) is 0.750. The number of aryl methyl sites for hydroxylation is 1. The van der Waals surface area contributed by atoms with Crippen molar-refractivity contribution >= 4 is 5.78 Å². The zero-order valence-electron chi connectivity index (χ0n) is 13.5. The van der Waals surface area contributed by atoms with E-state index in [1.54, 1.807) is 25.1 Å². The lowest BCUT2D eigenvalue weighted by atomic mass is 9.76. The van der Waals surface area contributed by atoms with Crippen molar-refractivity contribution in [2.45, 2.75) is 58.1 Å². The summed E-state index contributed by atoms with van der Waals surface area (Å²) in [5, 5.41) is 4.29. The highest BCUT2D eigenvalue weighted by Gasteiger charge is 2.44. The Morgan fingerprint density at radius 1 is 1.43 bits per heavy atom. The minimum atomic E-state index is -0.717. The van der Waals surface area contributed by atoms with Gasteiger partial charge in [0, 0.05) is 13.7 Å². The van der Waals surface area contributed by atoms with Crippen LogP contribution >= 0.6 is 0 Å². The molecular formula is C16H26N2O3. The molecule has 1 fully saturated rings. The number of ketones is 1. The third kappa shape index (κ3) is 2.98. The molecule has 118 valence electrons. The number of carbonyl (C=O) groups excluding carboxylic acids is 1. The first-order chi connectivity index (χ1) is 10.1. The highest BCUT2D eigenvalue weighted by atomic mass is 16.5. The van der Waals surface area contributed by atoms with Crippen molar-refractivity contribution in [1.82, 2.24) is 9.78 Å². The van der Waals surface area contributed by atoms with Gasteiger partial charge in [-0.25, -0.2) is 0 Å². The van der Waals surface area contributed by atoms with Crippen LogP contribution in [0.2, 0.25) is 0 Å². The average molecular weight is 294 g/mol. The zero-order chi connectivity index (χ0) is 15.5. The number of ether oxygens (including phenoxy) is 2. The zero-order valence-corrected chi connectivity index (χ0v) is 13.5. The van der Waals surface area contributed by atoms with Crippen molar-refractivity contribution in [2.75, 3.05) is 14.2 Å². The van der Waals surface area contributed by atoms with E-state index in [1.807, 2.05) is 0 Å². The molecule has 0 N–H and O–H groups in total. The number of hydrogen-bond donors (Lipinski definition) is 0. The summed E-state index contributed by atoms with van der Waals surface area (Å²) in [6.45, 7) is 5.00. The van der Waals surface area contributed by atoms with Crippen molar-refractivity contribution in [2.24, 2.45) is 5.92 Å². The molecule has 1 aliphatic carbocycles. The Morgan fingerprint density at radius 3 is 2.62 bits per heavy atom. The minimum absolute atomic E-state index is 0.0136. The van der Waals surface area contributed by atoms with Crippen molar-refractivity contribution in [3.05, 3.63) is 11.9 Å². The third-order valence-electron chi connectivity index (χ3n) is 4.56. The van der Waals surface area contributed by atoms with Crippen molar-refractivity contribution in [1.29, 1.82) is 0 Å². The molecule has 0 atom stereocenters. The molecule has 0 unspecified atom stereocenters. The SMILES string of the molecule is CCCn1ncc(OC)c1C(=O)C1(OC)CCC(C)CC1. The summed E-state index contributed by atoms with van der Waals surface area (Å²) in [5.74, 6) is 1.21. The van der Waals surface area contributed by atoms with E-state index in [2.05, 4.69) is 18.9 Å². The maximum atomic E-state index is 13.1. The fourth-order valence-corrected chi connectivity index (χ4v) is 3.10. The first-order valence-corrected chi connectivity index (χ1v) is 7.77. The Bertz CT molecular complexity index is 488. The standard InChI is InChI=1S/C16H26N2O3/c1-5-10-18-14(13(20-3)11-17-18)15(19)16(21-4)8-6-12(2)7-9-16/h11-12H,5-10H2,1-4H3. The summed E-state index contributed by atoms with van der Waals surface area (Å²) in [6, 6.07) is 0. The van der Waals surface area contributed by atoms with Gasteiger partial charge in [0.25, 0.3) is 0 Å². The van der Waals surface area contributed by atoms with Gasteiger partial charge in [0.05, 0.1) is 13.3 Å². The first-order valence-electron chi connectivity index (χ1n) is 7.77. The van der Waals surface area contributed by atoms with E-state index >= 15 is 0 Å². The van der Waals surface area contributed by atoms with Crippen molar-refractivity contribution < 1.29 is 14.3 Å². The summed E-state index contributed by atoms with van der Waals surface area (Å²) >= 11 is 0. The maximum Gasteiger partial charge on any atom is 0.216 e. The number of methoxy groups -OCH3 is 2. The van der Waals surface area contributed by atoms with Crippen molar-refractivity contribution in [3.8, 4) is 5.75 Å². The van der Waals surface area contributed by atoms with Crippen LogP contribution in [-0.2, 0) is 11.3 Å². The maximum absolute atomic E-state index is 13.1. The fourth-order valence-electron chi connectivity index (χ4n) is 3.10. The minimum Gasteiger partial charge on any atom is -0.493 e. The topological polar surface area (TPSA) is 53.4 Å². The van der Waals surface area contributed by atoms with E-state index in [0.717, 1.165) is 32.1 Å². The second kappa shape index (κ2) is 6.60. The molecule has 0 aromatic carbocycles. The van der Waals surface area contributed by atoms with Gasteiger partial charge in [-0.2, -0.15) is 5.10 Å². The van der Waals surface area contributed by atoms with Gasteiger partial charge in [-0.1, -0.05) is 13.8 Å². The van der Waals surface area contributed by atoms with E-state index in [1.165, 1.54) is 0 Å². The number of nitrogens with zero attached hydrogens (tertiary/aromatic N) is 2. The molecule has 0 spiro atoms. The predicted molar refractivity (Wildman–Crippen MR) is 80.8 cm³/mol. The molecule has 5 heteroatoms. The van der Waals surface area contributed by atoms with Gasteiger partial charge in [-0.3, -0.25) is 9.48 Å². The lowest BCUT2D eigenvalue weighted by molar-refractivity contribution is -0.0271. The Morgan fingerprint density at radius 2 is 2.10 bits per heavy atom. The molecule has 0 aliphatic heterocycles. The van der Waals surface area contributed by atoms with Gasteiger partial charge in [-0.05, 0) is 38.0 Å². The molecule has 1 aliphatic rings. The largest absolute Gasteiger partial charge is 0.493 e. The Balaban J connectivity index is 2.35. The first kappa shape index (κ1) is 16.0. The van der Waals surface area contributed by atoms with Crippen LogP contribution in [0, 0.1) is 5.92 Å². The highest BCUT2D eigenvalue weighted by molar-refractivity contribution is 6.03. The van der Waals surface area contributed by atoms with E-state index in [9.17, 15) is 4.79 Å². The van der Waals surface area contributed by atoms with Gasteiger partial charge in [0.2, 0.25) is 5.78 Å². The molecule has 2 rings (SSSR count). The Labute approximate surface area is 126 Å². The van der Waals surface area contributed by atoms with Crippen LogP contribution in [0.15, 0.2) is 6.20 Å². The summed E-state index contributed by atoms with van der Waals surface area (Å²) in [6.07, 6.45) is 6.11. The van der Waals surface area contributed by atoms with Gasteiger partial charge in [0.15, 0.2) is 5.75 Å². The quantitative estimate of drug-likeness (QED) is 0.757. The van der Waals surface area contributed by atoms with E-state index < -0.39 is 5.60 Å². The number of aromatic nitrogens is 2. The van der Waals surface area contributed by atoms with Crippen LogP contribution in [0.5, 0.6) is 5.75 Å². The van der Waals surface area contributed by atoms with Crippen LogP contribution < -0.4 is 4.74 Å². The molecule has 21 heavy (non-hydrogen) atoms. The average Bonchev–Trinajstić information content (AvgIpc) is 2.91. The molecule has 0 amide bonds. The van der Waals surface area contributed by atoms with E-state index in [4.69, 9.17) is 9.47 Å². The molecule has 1 aromatic rings. The molecule has 1 heterocycles. The van der Waals surface area contributed by atoms with Gasteiger partial charge < -0.3 is 9.47 Å². The molecule has 0 radical (unpaired) electrons. The van der Waals surface area contributed by atoms with E-state index in [0.29, 0.717) is 23.9 Å². The van der Waals surface area contributed by atoms with Gasteiger partial charge in [0.1, 0.15) is 11.3 Å². The summed E-state index contributed by atoms with van der Waals surface area (Å²) in [5.41, 5.74) is -0.165. The van der Waals surface area contributed by atoms with Crippen LogP contribution in [0.1, 0.15) is 56.4 Å². The summed E-state index contributed by atoms with van der Waals surface area (Å²) in [7, 11) is 3.22. The molecule has 5 nitrogen and oxygen atoms in total. The monoisotopic (exact) mass is 294 g/mol. The molecule has 1 aromatic heterocycles. The number of rotatable bonds is 6. The number of hydrogen-bond acceptors (Lipinski definition) is 4. The number of Topliss-reactive ketones (excluding diaryl/α,β-unsaturated/α-hetero) is 1. The summed E-state index contributed by atoms with van der Waals surface area (Å²) < 4.78 is 12.8. The molecular weight excluding hydrogens is 268 g/mol. The van der Waals surface area contributed by atoms with Crippen LogP contribution in [0.25, 0.3) is 0 Å². The molecule has 0 bridgehead atoms. The second-order valence-electron chi connectivity index (χ2n) is 5.99. The smallest absolute Gasteiger partial charge is 0.216 e. The highest BCUT2D eigenvalue weighted by Crippen LogP contribution is 2.38.